The number of rotatable bonds is 5. The average molecular weight is 450 g/mol. The Morgan fingerprint density at radius 1 is 1.21 bits per heavy atom. The minimum absolute atomic E-state index is 0.0250. The van der Waals surface area contributed by atoms with Gasteiger partial charge in [0.05, 0.1) is 19.3 Å². The van der Waals surface area contributed by atoms with Gasteiger partial charge in [0.2, 0.25) is 5.60 Å². The van der Waals surface area contributed by atoms with E-state index in [0.29, 0.717) is 6.54 Å². The number of fused-ring (bicyclic) bond motifs is 1. The van der Waals surface area contributed by atoms with Crippen LogP contribution in [0.5, 0.6) is 5.75 Å². The molecule has 1 amide bonds. The van der Waals surface area contributed by atoms with Crippen LogP contribution in [-0.4, -0.2) is 41.2 Å². The van der Waals surface area contributed by atoms with Crippen molar-refractivity contribution in [2.75, 3.05) is 13.7 Å². The van der Waals surface area contributed by atoms with Gasteiger partial charge in [0.15, 0.2) is 0 Å². The van der Waals surface area contributed by atoms with Crippen LogP contribution in [0.1, 0.15) is 49.3 Å². The number of benzene rings is 2. The second-order valence-corrected chi connectivity index (χ2v) is 9.57. The number of likely N-dealkylation sites (tertiary alicyclic amines) is 1. The minimum Gasteiger partial charge on any atom is -0.497 e. The van der Waals surface area contributed by atoms with Gasteiger partial charge in [-0.3, -0.25) is 4.79 Å². The van der Waals surface area contributed by atoms with E-state index in [-0.39, 0.29) is 24.9 Å². The summed E-state index contributed by atoms with van der Waals surface area (Å²) in [6, 6.07) is 15.9. The van der Waals surface area contributed by atoms with Crippen LogP contribution in [0.25, 0.3) is 0 Å². The molecule has 1 saturated carbocycles. The molecular weight excluding hydrogens is 418 g/mol. The maximum Gasteiger partial charge on any atom is 0.348 e. The third-order valence-corrected chi connectivity index (χ3v) is 7.97. The van der Waals surface area contributed by atoms with E-state index in [1.54, 1.807) is 18.9 Å². The summed E-state index contributed by atoms with van der Waals surface area (Å²) in [6.45, 7) is 2.14. The Bertz CT molecular complexity index is 1070. The van der Waals surface area contributed by atoms with E-state index in [4.69, 9.17) is 9.47 Å². The molecule has 1 N–H and O–H groups in total. The molecule has 6 heteroatoms. The highest BCUT2D eigenvalue weighted by Gasteiger charge is 2.66. The van der Waals surface area contributed by atoms with Crippen molar-refractivity contribution in [3.05, 3.63) is 65.2 Å². The molecule has 0 radical (unpaired) electrons. The molecule has 2 bridgehead atoms. The molecule has 2 fully saturated rings. The molecular formula is C27H31NO5. The summed E-state index contributed by atoms with van der Waals surface area (Å²) in [5, 5.41) is 11.5. The lowest BCUT2D eigenvalue weighted by atomic mass is 9.52. The second-order valence-electron chi connectivity index (χ2n) is 9.57. The second kappa shape index (κ2) is 8.17. The number of amides is 1. The van der Waals surface area contributed by atoms with E-state index in [0.717, 1.165) is 42.6 Å². The highest BCUT2D eigenvalue weighted by Crippen LogP contribution is 2.60. The van der Waals surface area contributed by atoms with Crippen LogP contribution >= 0.6 is 0 Å². The third-order valence-electron chi connectivity index (χ3n) is 7.97. The predicted octanol–water partition coefficient (Wildman–Crippen LogP) is 3.59. The third kappa shape index (κ3) is 3.26. The molecule has 6 nitrogen and oxygen atoms in total. The number of nitrogens with zero attached hydrogens (tertiary/aromatic N) is 1. The highest BCUT2D eigenvalue weighted by atomic mass is 16.6. The van der Waals surface area contributed by atoms with E-state index in [1.165, 1.54) is 5.56 Å². The molecule has 0 aromatic heterocycles. The van der Waals surface area contributed by atoms with E-state index in [2.05, 4.69) is 12.1 Å². The molecule has 2 aromatic carbocycles. The fraction of sp³-hybridized carbons (Fsp3) is 0.481. The monoisotopic (exact) mass is 449 g/mol. The topological polar surface area (TPSA) is 76.1 Å². The molecule has 1 heterocycles. The number of carbonyl (C=O) groups excluding carboxylic acids is 2. The summed E-state index contributed by atoms with van der Waals surface area (Å²) in [5.74, 6) is -0.332. The van der Waals surface area contributed by atoms with E-state index < -0.39 is 23.0 Å². The van der Waals surface area contributed by atoms with E-state index >= 15 is 0 Å². The van der Waals surface area contributed by atoms with Gasteiger partial charge in [-0.15, -0.1) is 0 Å². The van der Waals surface area contributed by atoms with E-state index in [1.807, 2.05) is 36.4 Å². The largest absolute Gasteiger partial charge is 0.497 e. The lowest BCUT2D eigenvalue weighted by Crippen LogP contribution is -2.71. The van der Waals surface area contributed by atoms with Crippen molar-refractivity contribution in [3.8, 4) is 5.75 Å². The van der Waals surface area contributed by atoms with Gasteiger partial charge in [-0.1, -0.05) is 42.8 Å². The zero-order valence-electron chi connectivity index (χ0n) is 19.3. The quantitative estimate of drug-likeness (QED) is 0.558. The molecule has 1 saturated heterocycles. The van der Waals surface area contributed by atoms with Crippen LogP contribution in [0, 0.1) is 11.8 Å². The first-order valence-electron chi connectivity index (χ1n) is 11.9. The first kappa shape index (κ1) is 22.0. The molecule has 4 atom stereocenters. The zero-order chi connectivity index (χ0) is 23.2. The Labute approximate surface area is 194 Å². The van der Waals surface area contributed by atoms with Gasteiger partial charge in [-0.05, 0) is 66.8 Å². The normalized spacial score (nSPS) is 30.3. The number of piperidine rings is 1. The van der Waals surface area contributed by atoms with Crippen molar-refractivity contribution in [1.82, 2.24) is 4.90 Å². The van der Waals surface area contributed by atoms with Crippen LogP contribution in [0.2, 0.25) is 0 Å². The van der Waals surface area contributed by atoms with Gasteiger partial charge in [0, 0.05) is 13.0 Å². The first-order valence-corrected chi connectivity index (χ1v) is 11.9. The van der Waals surface area contributed by atoms with Gasteiger partial charge < -0.3 is 19.5 Å². The lowest BCUT2D eigenvalue weighted by Gasteiger charge is -2.62. The molecule has 5 rings (SSSR count). The fourth-order valence-electron chi connectivity index (χ4n) is 6.59. The van der Waals surface area contributed by atoms with Crippen LogP contribution in [0.3, 0.4) is 0 Å². The summed E-state index contributed by atoms with van der Waals surface area (Å²) < 4.78 is 10.7. The number of methoxy groups -OCH3 is 1. The van der Waals surface area contributed by atoms with Crippen molar-refractivity contribution in [2.45, 2.75) is 56.7 Å². The maximum absolute atomic E-state index is 14.0. The molecule has 3 aliphatic rings. The molecule has 1 aliphatic heterocycles. The van der Waals surface area contributed by atoms with Crippen LogP contribution in [-0.2, 0) is 32.8 Å². The number of aliphatic hydroxyl groups is 1. The Kier molecular flexibility index (Phi) is 5.44. The van der Waals surface area contributed by atoms with Gasteiger partial charge >= 0.3 is 5.97 Å². The molecule has 0 spiro atoms. The van der Waals surface area contributed by atoms with Crippen molar-refractivity contribution in [2.24, 2.45) is 11.8 Å². The van der Waals surface area contributed by atoms with Crippen LogP contribution in [0.4, 0.5) is 0 Å². The summed E-state index contributed by atoms with van der Waals surface area (Å²) in [7, 11) is 1.66. The smallest absolute Gasteiger partial charge is 0.348 e. The van der Waals surface area contributed by atoms with Crippen molar-refractivity contribution in [1.29, 1.82) is 0 Å². The predicted molar refractivity (Wildman–Crippen MR) is 122 cm³/mol. The van der Waals surface area contributed by atoms with Gasteiger partial charge in [-0.25, -0.2) is 4.79 Å². The summed E-state index contributed by atoms with van der Waals surface area (Å²) in [5.41, 5.74) is 0.574. The summed E-state index contributed by atoms with van der Waals surface area (Å²) >= 11 is 0. The lowest BCUT2D eigenvalue weighted by molar-refractivity contribution is -0.203. The molecule has 174 valence electrons. The zero-order valence-corrected chi connectivity index (χ0v) is 19.3. The van der Waals surface area contributed by atoms with Gasteiger partial charge in [0.25, 0.3) is 5.91 Å². The standard InChI is InChI=1S/C27H31NO5/c1-3-33-25(30)27(31)16-23-19-10-7-13-26(23,22-12-11-21(32-2)15-20(22)14-19)28(24(27)29)17-18-8-5-4-6-9-18/h4-6,8-9,11-12,15,19,23,31H,3,7,10,13-14,16-17H2,1-2H3/t19-,23-,26-,27+/m1/s1. The fourth-order valence-corrected chi connectivity index (χ4v) is 6.59. The number of esters is 1. The SMILES string of the molecule is CCOC(=O)[C@]1(O)C[C@@H]2[C@@H]3CCC[C@]2(c2ccc(OC)cc2C3)N(Cc2ccccc2)C1=O. The van der Waals surface area contributed by atoms with Crippen LogP contribution < -0.4 is 4.74 Å². The molecule has 2 aliphatic carbocycles. The van der Waals surface area contributed by atoms with E-state index in [9.17, 15) is 14.7 Å². The number of hydrogen-bond acceptors (Lipinski definition) is 5. The number of hydrogen-bond donors (Lipinski definition) is 1. The van der Waals surface area contributed by atoms with Crippen molar-refractivity contribution >= 4 is 11.9 Å². The molecule has 0 unspecified atom stereocenters. The highest BCUT2D eigenvalue weighted by molar-refractivity contribution is 6.07. The minimum atomic E-state index is -2.15. The maximum atomic E-state index is 14.0. The van der Waals surface area contributed by atoms with Crippen LogP contribution in [0.15, 0.2) is 48.5 Å². The first-order chi connectivity index (χ1) is 15.9. The molecule has 2 aromatic rings. The Balaban J connectivity index is 1.69. The molecule has 33 heavy (non-hydrogen) atoms. The number of carbonyl (C=O) groups is 2. The average Bonchev–Trinajstić information content (AvgIpc) is 2.82. The Hall–Kier alpha value is -2.86. The summed E-state index contributed by atoms with van der Waals surface area (Å²) in [6.07, 6.45) is 3.78. The van der Waals surface area contributed by atoms with Crippen molar-refractivity contribution < 1.29 is 24.2 Å². The van der Waals surface area contributed by atoms with Crippen molar-refractivity contribution in [3.63, 3.8) is 0 Å². The van der Waals surface area contributed by atoms with Gasteiger partial charge in [0.1, 0.15) is 5.75 Å². The van der Waals surface area contributed by atoms with Gasteiger partial charge in [-0.2, -0.15) is 0 Å². The number of ether oxygens (including phenoxy) is 2. The Morgan fingerprint density at radius 2 is 2.00 bits per heavy atom. The summed E-state index contributed by atoms with van der Waals surface area (Å²) in [4.78, 5) is 28.7. The Morgan fingerprint density at radius 3 is 2.73 bits per heavy atom.